The summed E-state index contributed by atoms with van der Waals surface area (Å²) >= 11 is 3.50. The van der Waals surface area contributed by atoms with Gasteiger partial charge in [0.2, 0.25) is 5.88 Å². The van der Waals surface area contributed by atoms with Crippen LogP contribution in [0.15, 0.2) is 41.0 Å². The molecular formula is C16H19BrN2O. The van der Waals surface area contributed by atoms with Gasteiger partial charge in [0.05, 0.1) is 0 Å². The molecule has 0 atom stereocenters. The summed E-state index contributed by atoms with van der Waals surface area (Å²) in [5.74, 6) is 1.87. The summed E-state index contributed by atoms with van der Waals surface area (Å²) in [4.78, 5) is 4.33. The molecule has 2 aromatic rings. The molecule has 2 N–H and O–H groups in total. The van der Waals surface area contributed by atoms with Crippen LogP contribution in [-0.4, -0.2) is 11.5 Å². The van der Waals surface area contributed by atoms with Crippen LogP contribution in [0.2, 0.25) is 0 Å². The van der Waals surface area contributed by atoms with E-state index in [0.29, 0.717) is 18.3 Å². The van der Waals surface area contributed by atoms with Crippen molar-refractivity contribution in [2.45, 2.75) is 26.2 Å². The quantitative estimate of drug-likeness (QED) is 0.888. The minimum absolute atomic E-state index is 0.379. The van der Waals surface area contributed by atoms with E-state index < -0.39 is 0 Å². The Kier molecular flexibility index (Phi) is 5.15. The smallest absolute Gasteiger partial charge is 0.222 e. The van der Waals surface area contributed by atoms with Gasteiger partial charge in [-0.25, -0.2) is 4.98 Å². The maximum absolute atomic E-state index is 6.02. The van der Waals surface area contributed by atoms with Crippen LogP contribution in [0, 0.1) is 0 Å². The molecule has 0 amide bonds. The normalized spacial score (nSPS) is 10.8. The fourth-order valence-electron chi connectivity index (χ4n) is 2.03. The van der Waals surface area contributed by atoms with E-state index in [4.69, 9.17) is 10.5 Å². The topological polar surface area (TPSA) is 48.1 Å². The van der Waals surface area contributed by atoms with E-state index >= 15 is 0 Å². The largest absolute Gasteiger partial charge is 0.438 e. The SMILES string of the molecule is CC(C)c1cc(Br)ccc1Oc1ncccc1CCN. The standard InChI is InChI=1S/C16H19BrN2O/c1-11(2)14-10-13(17)5-6-15(14)20-16-12(7-8-18)4-3-9-19-16/h3-6,9-11H,7-8,18H2,1-2H3. The number of ether oxygens (including phenoxy) is 1. The Bertz CT molecular complexity index is 584. The van der Waals surface area contributed by atoms with E-state index in [1.807, 2.05) is 24.3 Å². The van der Waals surface area contributed by atoms with Gasteiger partial charge in [-0.2, -0.15) is 0 Å². The predicted octanol–water partition coefficient (Wildman–Crippen LogP) is 4.26. The van der Waals surface area contributed by atoms with Crippen LogP contribution >= 0.6 is 15.9 Å². The first-order valence-corrected chi connectivity index (χ1v) is 7.52. The molecule has 1 heterocycles. The fourth-order valence-corrected chi connectivity index (χ4v) is 2.41. The molecule has 3 nitrogen and oxygen atoms in total. The summed E-state index contributed by atoms with van der Waals surface area (Å²) in [7, 11) is 0. The van der Waals surface area contributed by atoms with Gasteiger partial charge >= 0.3 is 0 Å². The lowest BCUT2D eigenvalue weighted by molar-refractivity contribution is 0.448. The summed E-state index contributed by atoms with van der Waals surface area (Å²) in [6.45, 7) is 4.88. The molecule has 0 radical (unpaired) electrons. The highest BCUT2D eigenvalue weighted by Gasteiger charge is 2.12. The van der Waals surface area contributed by atoms with Crippen molar-refractivity contribution in [1.82, 2.24) is 4.98 Å². The van der Waals surface area contributed by atoms with Crippen LogP contribution in [0.25, 0.3) is 0 Å². The zero-order valence-electron chi connectivity index (χ0n) is 11.8. The molecule has 2 rings (SSSR count). The average molecular weight is 335 g/mol. The Morgan fingerprint density at radius 1 is 1.30 bits per heavy atom. The molecular weight excluding hydrogens is 316 g/mol. The van der Waals surface area contributed by atoms with E-state index in [0.717, 1.165) is 27.8 Å². The Hall–Kier alpha value is -1.39. The predicted molar refractivity (Wildman–Crippen MR) is 85.3 cm³/mol. The minimum atomic E-state index is 0.379. The second-order valence-corrected chi connectivity index (χ2v) is 5.86. The molecule has 106 valence electrons. The first-order valence-electron chi connectivity index (χ1n) is 6.73. The second kappa shape index (κ2) is 6.86. The molecule has 0 aliphatic heterocycles. The van der Waals surface area contributed by atoms with Crippen molar-refractivity contribution < 1.29 is 4.74 Å². The van der Waals surface area contributed by atoms with Crippen molar-refractivity contribution in [1.29, 1.82) is 0 Å². The summed E-state index contributed by atoms with van der Waals surface area (Å²) in [5.41, 5.74) is 7.82. The highest BCUT2D eigenvalue weighted by Crippen LogP contribution is 2.33. The Morgan fingerprint density at radius 3 is 2.80 bits per heavy atom. The van der Waals surface area contributed by atoms with Gasteiger partial charge in [-0.3, -0.25) is 0 Å². The molecule has 0 saturated heterocycles. The van der Waals surface area contributed by atoms with Crippen LogP contribution in [0.1, 0.15) is 30.9 Å². The van der Waals surface area contributed by atoms with Crippen LogP contribution in [0.5, 0.6) is 11.6 Å². The third kappa shape index (κ3) is 3.58. The van der Waals surface area contributed by atoms with Crippen molar-refractivity contribution in [3.63, 3.8) is 0 Å². The number of benzene rings is 1. The minimum Gasteiger partial charge on any atom is -0.438 e. The van der Waals surface area contributed by atoms with Gasteiger partial charge in [0.1, 0.15) is 5.75 Å². The Morgan fingerprint density at radius 2 is 2.10 bits per heavy atom. The van der Waals surface area contributed by atoms with Crippen LogP contribution < -0.4 is 10.5 Å². The van der Waals surface area contributed by atoms with Gasteiger partial charge in [0, 0.05) is 16.2 Å². The van der Waals surface area contributed by atoms with E-state index in [1.54, 1.807) is 6.20 Å². The van der Waals surface area contributed by atoms with Gasteiger partial charge in [-0.05, 0) is 48.7 Å². The molecule has 0 bridgehead atoms. The number of hydrogen-bond acceptors (Lipinski definition) is 3. The maximum Gasteiger partial charge on any atom is 0.222 e. The van der Waals surface area contributed by atoms with Crippen LogP contribution in [0.3, 0.4) is 0 Å². The monoisotopic (exact) mass is 334 g/mol. The Labute approximate surface area is 128 Å². The molecule has 0 unspecified atom stereocenters. The average Bonchev–Trinajstić information content (AvgIpc) is 2.43. The highest BCUT2D eigenvalue weighted by atomic mass is 79.9. The molecule has 0 spiro atoms. The lowest BCUT2D eigenvalue weighted by Crippen LogP contribution is -2.05. The van der Waals surface area contributed by atoms with Gasteiger partial charge in [-0.15, -0.1) is 0 Å². The van der Waals surface area contributed by atoms with E-state index in [2.05, 4.69) is 40.8 Å². The number of aromatic nitrogens is 1. The maximum atomic E-state index is 6.02. The molecule has 1 aromatic carbocycles. The van der Waals surface area contributed by atoms with Crippen molar-refractivity contribution in [2.24, 2.45) is 5.73 Å². The molecule has 0 saturated carbocycles. The Balaban J connectivity index is 2.35. The first-order chi connectivity index (χ1) is 9.61. The van der Waals surface area contributed by atoms with Gasteiger partial charge in [0.15, 0.2) is 0 Å². The number of rotatable bonds is 5. The zero-order valence-corrected chi connectivity index (χ0v) is 13.4. The number of halogens is 1. The third-order valence-corrected chi connectivity index (χ3v) is 3.56. The van der Waals surface area contributed by atoms with E-state index in [-0.39, 0.29) is 0 Å². The lowest BCUT2D eigenvalue weighted by Gasteiger charge is -2.15. The molecule has 0 aliphatic carbocycles. The van der Waals surface area contributed by atoms with Crippen molar-refractivity contribution >= 4 is 15.9 Å². The van der Waals surface area contributed by atoms with E-state index in [1.165, 1.54) is 0 Å². The van der Waals surface area contributed by atoms with Crippen LogP contribution in [0.4, 0.5) is 0 Å². The third-order valence-electron chi connectivity index (χ3n) is 3.06. The number of nitrogens with two attached hydrogens (primary N) is 1. The number of nitrogens with zero attached hydrogens (tertiary/aromatic N) is 1. The van der Waals surface area contributed by atoms with Gasteiger partial charge in [0.25, 0.3) is 0 Å². The highest BCUT2D eigenvalue weighted by molar-refractivity contribution is 9.10. The lowest BCUT2D eigenvalue weighted by atomic mass is 10.0. The van der Waals surface area contributed by atoms with Crippen molar-refractivity contribution in [2.75, 3.05) is 6.54 Å². The summed E-state index contributed by atoms with van der Waals surface area (Å²) in [6, 6.07) is 9.95. The second-order valence-electron chi connectivity index (χ2n) is 4.95. The van der Waals surface area contributed by atoms with E-state index in [9.17, 15) is 0 Å². The molecule has 1 aromatic heterocycles. The van der Waals surface area contributed by atoms with Gasteiger partial charge < -0.3 is 10.5 Å². The number of pyridine rings is 1. The molecule has 4 heteroatoms. The fraction of sp³-hybridized carbons (Fsp3) is 0.312. The molecule has 20 heavy (non-hydrogen) atoms. The summed E-state index contributed by atoms with van der Waals surface area (Å²) < 4.78 is 7.07. The van der Waals surface area contributed by atoms with Crippen molar-refractivity contribution in [3.8, 4) is 11.6 Å². The molecule has 0 fully saturated rings. The first kappa shape index (κ1) is 15.0. The van der Waals surface area contributed by atoms with Gasteiger partial charge in [-0.1, -0.05) is 35.8 Å². The summed E-state index contributed by atoms with van der Waals surface area (Å²) in [5, 5.41) is 0. The zero-order chi connectivity index (χ0) is 14.5. The van der Waals surface area contributed by atoms with Crippen molar-refractivity contribution in [3.05, 3.63) is 52.1 Å². The van der Waals surface area contributed by atoms with Crippen LogP contribution in [-0.2, 0) is 6.42 Å². The molecule has 0 aliphatic rings. The summed E-state index contributed by atoms with van der Waals surface area (Å²) in [6.07, 6.45) is 2.50. The number of hydrogen-bond donors (Lipinski definition) is 1.